The van der Waals surface area contributed by atoms with Crippen molar-refractivity contribution in [2.24, 2.45) is 0 Å². The molecule has 2 aliphatic heterocycles. The Morgan fingerprint density at radius 3 is 2.63 bits per heavy atom. The van der Waals surface area contributed by atoms with Crippen LogP contribution in [0.25, 0.3) is 0 Å². The van der Waals surface area contributed by atoms with Gasteiger partial charge in [0.15, 0.2) is 0 Å². The Bertz CT molecular complexity index is 1090. The van der Waals surface area contributed by atoms with Gasteiger partial charge in [-0.3, -0.25) is 0 Å². The second-order valence-electron chi connectivity index (χ2n) is 10.9. The van der Waals surface area contributed by atoms with Gasteiger partial charge in [0, 0.05) is 33.2 Å². The Balaban J connectivity index is 1.53. The third kappa shape index (κ3) is 6.70. The molecule has 2 aromatic rings. The van der Waals surface area contributed by atoms with E-state index < -0.39 is 23.4 Å². The van der Waals surface area contributed by atoms with Crippen molar-refractivity contribution in [2.45, 2.75) is 57.5 Å². The second-order valence-corrected chi connectivity index (χ2v) is 10.9. The largest absolute Gasteiger partial charge is 0.508 e. The van der Waals surface area contributed by atoms with Gasteiger partial charge in [0.1, 0.15) is 35.4 Å². The summed E-state index contributed by atoms with van der Waals surface area (Å²) in [6, 6.07) is 12.5. The van der Waals surface area contributed by atoms with Crippen LogP contribution in [0, 0.1) is 0 Å². The van der Waals surface area contributed by atoms with Crippen LogP contribution in [-0.2, 0) is 26.4 Å². The molecule has 0 saturated carbocycles. The molecule has 4 rings (SSSR count). The summed E-state index contributed by atoms with van der Waals surface area (Å²) in [5.74, 6) is 0.958. The summed E-state index contributed by atoms with van der Waals surface area (Å²) in [5.41, 5.74) is 0.621. The molecule has 1 amide bonds. The van der Waals surface area contributed by atoms with E-state index in [9.17, 15) is 15.0 Å². The number of ether oxygens (including phenoxy) is 4. The van der Waals surface area contributed by atoms with Crippen molar-refractivity contribution in [3.8, 4) is 11.5 Å². The minimum atomic E-state index is -1.34. The Morgan fingerprint density at radius 1 is 1.16 bits per heavy atom. The number of rotatable bonds is 8. The monoisotopic (exact) mass is 528 g/mol. The summed E-state index contributed by atoms with van der Waals surface area (Å²) in [7, 11) is 1.71. The molecule has 208 valence electrons. The maximum atomic E-state index is 12.8. The average Bonchev–Trinajstić information content (AvgIpc) is 2.87. The number of fused-ring (bicyclic) bond motifs is 1. The highest BCUT2D eigenvalue weighted by atomic mass is 16.6. The van der Waals surface area contributed by atoms with Crippen molar-refractivity contribution in [2.75, 3.05) is 51.4 Å². The van der Waals surface area contributed by atoms with Crippen LogP contribution in [0.3, 0.4) is 0 Å². The molecular formula is C29H40N2O7. The number of anilines is 1. The third-order valence-corrected chi connectivity index (χ3v) is 6.91. The van der Waals surface area contributed by atoms with Gasteiger partial charge < -0.3 is 39.0 Å². The minimum Gasteiger partial charge on any atom is -0.508 e. The molecule has 0 radical (unpaired) electrons. The van der Waals surface area contributed by atoms with Gasteiger partial charge >= 0.3 is 6.09 Å². The van der Waals surface area contributed by atoms with Gasteiger partial charge in [0.2, 0.25) is 0 Å². The first-order valence-corrected chi connectivity index (χ1v) is 13.2. The zero-order valence-corrected chi connectivity index (χ0v) is 22.8. The van der Waals surface area contributed by atoms with Gasteiger partial charge in [-0.05, 0) is 62.6 Å². The van der Waals surface area contributed by atoms with E-state index in [-0.39, 0.29) is 25.3 Å². The van der Waals surface area contributed by atoms with Crippen LogP contribution in [0.5, 0.6) is 11.5 Å². The van der Waals surface area contributed by atoms with E-state index in [1.54, 1.807) is 36.3 Å². The van der Waals surface area contributed by atoms with Crippen LogP contribution in [0.1, 0.15) is 44.7 Å². The van der Waals surface area contributed by atoms with E-state index >= 15 is 0 Å². The molecule has 9 heteroatoms. The molecule has 2 aromatic carbocycles. The summed E-state index contributed by atoms with van der Waals surface area (Å²) in [5, 5.41) is 21.6. The van der Waals surface area contributed by atoms with Gasteiger partial charge in [-0.2, -0.15) is 0 Å². The molecule has 0 bridgehead atoms. The Hall–Kier alpha value is -3.01. The van der Waals surface area contributed by atoms with E-state index in [2.05, 4.69) is 11.0 Å². The number of aromatic hydroxyl groups is 1. The molecule has 9 nitrogen and oxygen atoms in total. The SMILES string of the molecule is COCCCN1CCOc2ccc(CO[C@H]3CN(C(=O)OC(C)(C)C)CC[C@]3(O)c3ccc(O)cc3)cc21. The highest BCUT2D eigenvalue weighted by molar-refractivity contribution is 5.68. The number of carbonyl (C=O) groups is 1. The fourth-order valence-electron chi connectivity index (χ4n) is 4.91. The first-order valence-electron chi connectivity index (χ1n) is 13.2. The molecule has 1 saturated heterocycles. The molecule has 2 aliphatic rings. The first-order chi connectivity index (χ1) is 18.1. The van der Waals surface area contributed by atoms with E-state index in [1.165, 1.54) is 0 Å². The van der Waals surface area contributed by atoms with Crippen LogP contribution in [0.4, 0.5) is 10.5 Å². The number of amides is 1. The molecule has 2 heterocycles. The molecule has 2 atom stereocenters. The Morgan fingerprint density at radius 2 is 1.92 bits per heavy atom. The van der Waals surface area contributed by atoms with Gasteiger partial charge in [-0.15, -0.1) is 0 Å². The second kappa shape index (κ2) is 11.8. The smallest absolute Gasteiger partial charge is 0.410 e. The number of hydrogen-bond donors (Lipinski definition) is 2. The number of nitrogens with zero attached hydrogens (tertiary/aromatic N) is 2. The average molecular weight is 529 g/mol. The van der Waals surface area contributed by atoms with Crippen LogP contribution >= 0.6 is 0 Å². The molecule has 0 aromatic heterocycles. The van der Waals surface area contributed by atoms with E-state index in [4.69, 9.17) is 18.9 Å². The number of methoxy groups -OCH3 is 1. The maximum Gasteiger partial charge on any atom is 0.410 e. The normalized spacial score (nSPS) is 21.6. The number of aliphatic hydroxyl groups is 1. The van der Waals surface area contributed by atoms with Gasteiger partial charge in [0.25, 0.3) is 0 Å². The molecule has 1 fully saturated rings. The van der Waals surface area contributed by atoms with Crippen molar-refractivity contribution in [1.29, 1.82) is 0 Å². The van der Waals surface area contributed by atoms with Crippen molar-refractivity contribution in [3.63, 3.8) is 0 Å². The predicted molar refractivity (Wildman–Crippen MR) is 144 cm³/mol. The third-order valence-electron chi connectivity index (χ3n) is 6.91. The summed E-state index contributed by atoms with van der Waals surface area (Å²) < 4.78 is 23.0. The van der Waals surface area contributed by atoms with Gasteiger partial charge in [-0.1, -0.05) is 18.2 Å². The Labute approximate surface area is 224 Å². The fraction of sp³-hybridized carbons (Fsp3) is 0.552. The highest BCUT2D eigenvalue weighted by Crippen LogP contribution is 2.38. The number of likely N-dealkylation sites (tertiary alicyclic amines) is 1. The topological polar surface area (TPSA) is 101 Å². The number of phenols is 1. The van der Waals surface area contributed by atoms with E-state index in [0.717, 1.165) is 36.5 Å². The number of piperidine rings is 1. The molecule has 2 N–H and O–H groups in total. The molecule has 0 aliphatic carbocycles. The summed E-state index contributed by atoms with van der Waals surface area (Å²) in [6.07, 6.45) is 0.0428. The first kappa shape index (κ1) is 28.0. The van der Waals surface area contributed by atoms with Crippen LogP contribution in [0.15, 0.2) is 42.5 Å². The highest BCUT2D eigenvalue weighted by Gasteiger charge is 2.45. The predicted octanol–water partition coefficient (Wildman–Crippen LogP) is 4.04. The van der Waals surface area contributed by atoms with Crippen molar-refractivity contribution >= 4 is 11.8 Å². The summed E-state index contributed by atoms with van der Waals surface area (Å²) in [6.45, 7) is 9.21. The van der Waals surface area contributed by atoms with E-state index in [1.807, 2.05) is 32.9 Å². The lowest BCUT2D eigenvalue weighted by molar-refractivity contribution is -0.154. The van der Waals surface area contributed by atoms with Gasteiger partial charge in [-0.25, -0.2) is 4.79 Å². The van der Waals surface area contributed by atoms with Crippen LogP contribution in [-0.4, -0.2) is 79.4 Å². The number of phenolic OH excluding ortho intramolecular Hbond substituents is 1. The lowest BCUT2D eigenvalue weighted by atomic mass is 9.82. The molecule has 0 unspecified atom stereocenters. The van der Waals surface area contributed by atoms with Crippen molar-refractivity contribution < 1.29 is 34.0 Å². The van der Waals surface area contributed by atoms with Crippen LogP contribution in [0.2, 0.25) is 0 Å². The standard InChI is InChI=1S/C29H40N2O7/c1-28(2,3)38-27(33)31-14-12-29(34,22-7-9-23(32)10-8-22)26(19-31)37-20-21-6-11-25-24(18-21)30(15-17-36-25)13-5-16-35-4/h6-11,18,26,32,34H,5,12-17,19-20H2,1-4H3/t26-,29-/m0/s1. The quantitative estimate of drug-likeness (QED) is 0.495. The lowest BCUT2D eigenvalue weighted by Gasteiger charge is -2.44. The summed E-state index contributed by atoms with van der Waals surface area (Å²) >= 11 is 0. The van der Waals surface area contributed by atoms with Crippen molar-refractivity contribution in [1.82, 2.24) is 4.90 Å². The minimum absolute atomic E-state index is 0.118. The fourth-order valence-corrected chi connectivity index (χ4v) is 4.91. The number of carbonyl (C=O) groups excluding carboxylic acids is 1. The molecule has 0 spiro atoms. The number of benzene rings is 2. The lowest BCUT2D eigenvalue weighted by Crippen LogP contribution is -2.56. The number of hydrogen-bond acceptors (Lipinski definition) is 8. The molecular weight excluding hydrogens is 488 g/mol. The maximum absolute atomic E-state index is 12.8. The van der Waals surface area contributed by atoms with Gasteiger partial charge in [0.05, 0.1) is 25.4 Å². The summed E-state index contributed by atoms with van der Waals surface area (Å²) in [4.78, 5) is 16.7. The molecule has 38 heavy (non-hydrogen) atoms. The van der Waals surface area contributed by atoms with E-state index in [0.29, 0.717) is 25.3 Å². The Kier molecular flexibility index (Phi) is 8.70. The zero-order valence-electron chi connectivity index (χ0n) is 22.8. The zero-order chi connectivity index (χ0) is 27.3. The van der Waals surface area contributed by atoms with Crippen LogP contribution < -0.4 is 9.64 Å². The van der Waals surface area contributed by atoms with Crippen molar-refractivity contribution in [3.05, 3.63) is 53.6 Å².